The molecule has 15 heavy (non-hydrogen) atoms. The first kappa shape index (κ1) is 10.9. The lowest BCUT2D eigenvalue weighted by molar-refractivity contribution is 0.321. The largest absolute Gasteiger partial charge is 0.359 e. The summed E-state index contributed by atoms with van der Waals surface area (Å²) in [5.41, 5.74) is 1.06. The van der Waals surface area contributed by atoms with Crippen molar-refractivity contribution in [2.45, 2.75) is 26.2 Å². The first-order chi connectivity index (χ1) is 7.16. The number of pyridine rings is 1. The zero-order chi connectivity index (χ0) is 10.8. The second-order valence-corrected chi connectivity index (χ2v) is 5.27. The van der Waals surface area contributed by atoms with Gasteiger partial charge in [0.05, 0.1) is 5.69 Å². The van der Waals surface area contributed by atoms with Crippen molar-refractivity contribution in [3.63, 3.8) is 0 Å². The number of halogens is 1. The van der Waals surface area contributed by atoms with Crippen molar-refractivity contribution in [1.29, 1.82) is 0 Å². The number of aryl methyl sites for hydroxylation is 1. The molecule has 3 heteroatoms. The Labute approximate surface area is 99.8 Å². The molecule has 1 saturated carbocycles. The number of hydrogen-bond acceptors (Lipinski definition) is 2. The van der Waals surface area contributed by atoms with E-state index in [1.54, 1.807) is 0 Å². The van der Waals surface area contributed by atoms with E-state index in [2.05, 4.69) is 45.0 Å². The smallest absolute Gasteiger partial charge is 0.128 e. The van der Waals surface area contributed by atoms with E-state index in [1.807, 2.05) is 6.92 Å². The highest BCUT2D eigenvalue weighted by molar-refractivity contribution is 9.10. The van der Waals surface area contributed by atoms with E-state index in [9.17, 15) is 0 Å². The van der Waals surface area contributed by atoms with E-state index in [4.69, 9.17) is 0 Å². The Bertz CT molecular complexity index is 347. The van der Waals surface area contributed by atoms with Crippen LogP contribution in [-0.2, 0) is 0 Å². The van der Waals surface area contributed by atoms with Gasteiger partial charge in [0.2, 0.25) is 0 Å². The van der Waals surface area contributed by atoms with Crippen LogP contribution in [0.25, 0.3) is 0 Å². The summed E-state index contributed by atoms with van der Waals surface area (Å²) in [5.74, 6) is 1.98. The molecule has 1 aromatic rings. The molecule has 1 heterocycles. The second-order valence-electron chi connectivity index (χ2n) is 4.41. The van der Waals surface area contributed by atoms with Gasteiger partial charge in [-0.1, -0.05) is 6.42 Å². The zero-order valence-corrected chi connectivity index (χ0v) is 10.9. The molecule has 0 bridgehead atoms. The highest BCUT2D eigenvalue weighted by atomic mass is 79.9. The van der Waals surface area contributed by atoms with Crippen molar-refractivity contribution < 1.29 is 0 Å². The van der Waals surface area contributed by atoms with Gasteiger partial charge in [0, 0.05) is 18.1 Å². The number of hydrogen-bond donors (Lipinski definition) is 0. The molecule has 2 nitrogen and oxygen atoms in total. The van der Waals surface area contributed by atoms with E-state index in [-0.39, 0.29) is 0 Å². The zero-order valence-electron chi connectivity index (χ0n) is 9.33. The first-order valence-electron chi connectivity index (χ1n) is 5.51. The SMILES string of the molecule is Cc1nc(N(C)CC2CCC2)ccc1Br. The lowest BCUT2D eigenvalue weighted by atomic mass is 9.85. The number of aromatic nitrogens is 1. The van der Waals surface area contributed by atoms with Crippen LogP contribution in [0, 0.1) is 12.8 Å². The van der Waals surface area contributed by atoms with Gasteiger partial charge in [-0.2, -0.15) is 0 Å². The molecule has 0 aliphatic heterocycles. The van der Waals surface area contributed by atoms with Gasteiger partial charge in [-0.3, -0.25) is 0 Å². The third-order valence-corrected chi connectivity index (χ3v) is 3.99. The van der Waals surface area contributed by atoms with E-state index >= 15 is 0 Å². The predicted octanol–water partition coefficient (Wildman–Crippen LogP) is 3.39. The average molecular weight is 269 g/mol. The fraction of sp³-hybridized carbons (Fsp3) is 0.583. The van der Waals surface area contributed by atoms with Gasteiger partial charge in [-0.05, 0) is 53.7 Å². The van der Waals surface area contributed by atoms with E-state index in [0.29, 0.717) is 0 Å². The predicted molar refractivity (Wildman–Crippen MR) is 67.3 cm³/mol. The Kier molecular flexibility index (Phi) is 3.29. The van der Waals surface area contributed by atoms with Crippen LogP contribution >= 0.6 is 15.9 Å². The minimum Gasteiger partial charge on any atom is -0.359 e. The van der Waals surface area contributed by atoms with Gasteiger partial charge in [-0.15, -0.1) is 0 Å². The van der Waals surface area contributed by atoms with Gasteiger partial charge in [0.25, 0.3) is 0 Å². The van der Waals surface area contributed by atoms with E-state index < -0.39 is 0 Å². The molecule has 1 fully saturated rings. The monoisotopic (exact) mass is 268 g/mol. The number of nitrogens with zero attached hydrogens (tertiary/aromatic N) is 2. The molecule has 0 unspecified atom stereocenters. The molecule has 0 aromatic carbocycles. The van der Waals surface area contributed by atoms with Crippen LogP contribution in [0.4, 0.5) is 5.82 Å². The molecule has 0 saturated heterocycles. The Hall–Kier alpha value is -0.570. The lowest BCUT2D eigenvalue weighted by Crippen LogP contribution is -2.29. The van der Waals surface area contributed by atoms with Crippen LogP contribution < -0.4 is 4.90 Å². The van der Waals surface area contributed by atoms with Crippen molar-refractivity contribution in [3.05, 3.63) is 22.3 Å². The summed E-state index contributed by atoms with van der Waals surface area (Å²) in [6.07, 6.45) is 4.19. The Morgan fingerprint density at radius 3 is 2.73 bits per heavy atom. The lowest BCUT2D eigenvalue weighted by Gasteiger charge is -2.30. The summed E-state index contributed by atoms with van der Waals surface area (Å²) in [6.45, 7) is 3.18. The third kappa shape index (κ3) is 2.51. The first-order valence-corrected chi connectivity index (χ1v) is 6.30. The molecule has 1 aromatic heterocycles. The molecule has 82 valence electrons. The minimum atomic E-state index is 0.890. The van der Waals surface area contributed by atoms with Crippen LogP contribution in [0.5, 0.6) is 0 Å². The summed E-state index contributed by atoms with van der Waals surface area (Å²) in [7, 11) is 2.13. The van der Waals surface area contributed by atoms with Crippen molar-refractivity contribution in [2.24, 2.45) is 5.92 Å². The molecule has 0 spiro atoms. The Morgan fingerprint density at radius 2 is 2.20 bits per heavy atom. The maximum Gasteiger partial charge on any atom is 0.128 e. The third-order valence-electron chi connectivity index (χ3n) is 3.15. The van der Waals surface area contributed by atoms with Gasteiger partial charge < -0.3 is 4.90 Å². The van der Waals surface area contributed by atoms with Crippen molar-refractivity contribution in [3.8, 4) is 0 Å². The average Bonchev–Trinajstić information content (AvgIpc) is 2.15. The molecule has 0 atom stereocenters. The van der Waals surface area contributed by atoms with Crippen LogP contribution in [-0.4, -0.2) is 18.6 Å². The molecule has 1 aliphatic carbocycles. The molecular formula is C12H17BrN2. The van der Waals surface area contributed by atoms with Crippen LogP contribution in [0.2, 0.25) is 0 Å². The quantitative estimate of drug-likeness (QED) is 0.836. The summed E-state index contributed by atoms with van der Waals surface area (Å²) >= 11 is 3.47. The Morgan fingerprint density at radius 1 is 1.47 bits per heavy atom. The Balaban J connectivity index is 2.03. The summed E-state index contributed by atoms with van der Waals surface area (Å²) in [6, 6.07) is 4.16. The summed E-state index contributed by atoms with van der Waals surface area (Å²) < 4.78 is 1.09. The minimum absolute atomic E-state index is 0.890. The van der Waals surface area contributed by atoms with E-state index in [1.165, 1.54) is 19.3 Å². The van der Waals surface area contributed by atoms with Crippen molar-refractivity contribution in [2.75, 3.05) is 18.5 Å². The summed E-state index contributed by atoms with van der Waals surface area (Å²) in [4.78, 5) is 6.83. The summed E-state index contributed by atoms with van der Waals surface area (Å²) in [5, 5.41) is 0. The van der Waals surface area contributed by atoms with Crippen LogP contribution in [0.1, 0.15) is 25.0 Å². The fourth-order valence-electron chi connectivity index (χ4n) is 1.90. The van der Waals surface area contributed by atoms with Crippen molar-refractivity contribution >= 4 is 21.7 Å². The molecule has 0 amide bonds. The van der Waals surface area contributed by atoms with Gasteiger partial charge in [0.15, 0.2) is 0 Å². The molecule has 2 rings (SSSR count). The topological polar surface area (TPSA) is 16.1 Å². The van der Waals surface area contributed by atoms with Crippen LogP contribution in [0.15, 0.2) is 16.6 Å². The molecular weight excluding hydrogens is 252 g/mol. The highest BCUT2D eigenvalue weighted by Crippen LogP contribution is 2.28. The van der Waals surface area contributed by atoms with Crippen molar-refractivity contribution in [1.82, 2.24) is 4.98 Å². The van der Waals surface area contributed by atoms with Gasteiger partial charge in [-0.25, -0.2) is 4.98 Å². The second kappa shape index (κ2) is 4.52. The standard InChI is InChI=1S/C12H17BrN2/c1-9-11(13)6-7-12(14-9)15(2)8-10-4-3-5-10/h6-7,10H,3-5,8H2,1-2H3. The highest BCUT2D eigenvalue weighted by Gasteiger charge is 2.19. The molecule has 0 radical (unpaired) electrons. The normalized spacial score (nSPS) is 16.2. The van der Waals surface area contributed by atoms with Gasteiger partial charge in [0.1, 0.15) is 5.82 Å². The van der Waals surface area contributed by atoms with Crippen LogP contribution in [0.3, 0.4) is 0 Å². The maximum atomic E-state index is 4.56. The molecule has 1 aliphatic rings. The fourth-order valence-corrected chi connectivity index (χ4v) is 2.12. The number of rotatable bonds is 3. The van der Waals surface area contributed by atoms with Gasteiger partial charge >= 0.3 is 0 Å². The number of anilines is 1. The molecule has 0 N–H and O–H groups in total. The maximum absolute atomic E-state index is 4.56. The van der Waals surface area contributed by atoms with E-state index in [0.717, 1.165) is 28.4 Å².